The second-order valence-corrected chi connectivity index (χ2v) is 6.32. The molecule has 1 fully saturated rings. The SMILES string of the molecule is C[C@@H](NC1CCN(C(=O)N(C)C)CC1)c1cccs1. The molecular formula is C14H23N3OS. The molecule has 1 aromatic rings. The van der Waals surface area contributed by atoms with Crippen LogP contribution in [0.3, 0.4) is 0 Å². The van der Waals surface area contributed by atoms with Crippen molar-refractivity contribution in [2.75, 3.05) is 27.2 Å². The monoisotopic (exact) mass is 281 g/mol. The fourth-order valence-corrected chi connectivity index (χ4v) is 3.24. The van der Waals surface area contributed by atoms with Gasteiger partial charge in [0.05, 0.1) is 0 Å². The fraction of sp³-hybridized carbons (Fsp3) is 0.643. The Morgan fingerprint density at radius 2 is 2.16 bits per heavy atom. The third-order valence-electron chi connectivity index (χ3n) is 3.60. The molecular weight excluding hydrogens is 258 g/mol. The van der Waals surface area contributed by atoms with Crippen LogP contribution in [0.2, 0.25) is 0 Å². The lowest BCUT2D eigenvalue weighted by atomic mass is 10.0. The Morgan fingerprint density at radius 1 is 1.47 bits per heavy atom. The Labute approximate surface area is 119 Å². The van der Waals surface area contributed by atoms with Crippen molar-refractivity contribution in [1.82, 2.24) is 15.1 Å². The predicted octanol–water partition coefficient (Wildman–Crippen LogP) is 2.54. The van der Waals surface area contributed by atoms with E-state index >= 15 is 0 Å². The number of nitrogens with one attached hydrogen (secondary N) is 1. The molecule has 1 aliphatic rings. The third kappa shape index (κ3) is 3.70. The summed E-state index contributed by atoms with van der Waals surface area (Å²) in [4.78, 5) is 16.8. The minimum atomic E-state index is 0.129. The zero-order valence-corrected chi connectivity index (χ0v) is 12.7. The third-order valence-corrected chi connectivity index (χ3v) is 4.66. The van der Waals surface area contributed by atoms with Crippen LogP contribution in [-0.2, 0) is 0 Å². The number of rotatable bonds is 3. The minimum Gasteiger partial charge on any atom is -0.331 e. The van der Waals surface area contributed by atoms with Gasteiger partial charge < -0.3 is 15.1 Å². The Bertz CT molecular complexity index is 397. The van der Waals surface area contributed by atoms with E-state index in [4.69, 9.17) is 0 Å². The van der Waals surface area contributed by atoms with E-state index in [9.17, 15) is 4.79 Å². The summed E-state index contributed by atoms with van der Waals surface area (Å²) in [5, 5.41) is 5.79. The quantitative estimate of drug-likeness (QED) is 0.924. The first-order chi connectivity index (χ1) is 9.08. The molecule has 1 aliphatic heterocycles. The first-order valence-corrected chi connectivity index (χ1v) is 7.71. The largest absolute Gasteiger partial charge is 0.331 e. The van der Waals surface area contributed by atoms with Crippen LogP contribution in [0.1, 0.15) is 30.7 Å². The molecule has 2 amide bonds. The molecule has 0 aromatic carbocycles. The molecule has 0 unspecified atom stereocenters. The fourth-order valence-electron chi connectivity index (χ4n) is 2.49. The van der Waals surface area contributed by atoms with Gasteiger partial charge >= 0.3 is 6.03 Å². The van der Waals surface area contributed by atoms with Gasteiger partial charge in [0.1, 0.15) is 0 Å². The van der Waals surface area contributed by atoms with Gasteiger partial charge in [0.15, 0.2) is 0 Å². The first-order valence-electron chi connectivity index (χ1n) is 6.83. The van der Waals surface area contributed by atoms with Gasteiger partial charge in [0.25, 0.3) is 0 Å². The van der Waals surface area contributed by atoms with Gasteiger partial charge in [-0.15, -0.1) is 11.3 Å². The van der Waals surface area contributed by atoms with E-state index in [1.54, 1.807) is 16.2 Å². The van der Waals surface area contributed by atoms with E-state index in [0.29, 0.717) is 12.1 Å². The summed E-state index contributed by atoms with van der Waals surface area (Å²) < 4.78 is 0. The number of likely N-dealkylation sites (tertiary alicyclic amines) is 1. The molecule has 19 heavy (non-hydrogen) atoms. The highest BCUT2D eigenvalue weighted by Gasteiger charge is 2.24. The zero-order valence-electron chi connectivity index (χ0n) is 11.9. The molecule has 1 saturated heterocycles. The smallest absolute Gasteiger partial charge is 0.319 e. The summed E-state index contributed by atoms with van der Waals surface area (Å²) in [5.74, 6) is 0. The number of hydrogen-bond donors (Lipinski definition) is 1. The van der Waals surface area contributed by atoms with Crippen LogP contribution >= 0.6 is 11.3 Å². The lowest BCUT2D eigenvalue weighted by Gasteiger charge is -2.35. The summed E-state index contributed by atoms with van der Waals surface area (Å²) in [6, 6.07) is 5.32. The van der Waals surface area contributed by atoms with Crippen LogP contribution in [0.5, 0.6) is 0 Å². The molecule has 0 aliphatic carbocycles. The predicted molar refractivity (Wildman–Crippen MR) is 79.5 cm³/mol. The van der Waals surface area contributed by atoms with E-state index < -0.39 is 0 Å². The Morgan fingerprint density at radius 3 is 2.68 bits per heavy atom. The van der Waals surface area contributed by atoms with Crippen LogP contribution in [0.25, 0.3) is 0 Å². The molecule has 4 nitrogen and oxygen atoms in total. The van der Waals surface area contributed by atoms with Gasteiger partial charge in [-0.3, -0.25) is 0 Å². The number of amides is 2. The van der Waals surface area contributed by atoms with Crippen LogP contribution in [0, 0.1) is 0 Å². The van der Waals surface area contributed by atoms with Gasteiger partial charge in [0, 0.05) is 44.1 Å². The molecule has 0 spiro atoms. The van der Waals surface area contributed by atoms with E-state index in [0.717, 1.165) is 25.9 Å². The molecule has 1 N–H and O–H groups in total. The van der Waals surface area contributed by atoms with Crippen molar-refractivity contribution < 1.29 is 4.79 Å². The number of hydrogen-bond acceptors (Lipinski definition) is 3. The second kappa shape index (κ2) is 6.39. The van der Waals surface area contributed by atoms with Crippen LogP contribution in [-0.4, -0.2) is 49.1 Å². The van der Waals surface area contributed by atoms with Crippen molar-refractivity contribution in [3.63, 3.8) is 0 Å². The number of carbonyl (C=O) groups is 1. The minimum absolute atomic E-state index is 0.129. The Balaban J connectivity index is 1.79. The molecule has 0 bridgehead atoms. The molecule has 2 rings (SSSR count). The molecule has 106 valence electrons. The van der Waals surface area contributed by atoms with E-state index in [2.05, 4.69) is 29.8 Å². The average Bonchev–Trinajstić information content (AvgIpc) is 2.92. The Kier molecular flexibility index (Phi) is 4.82. The summed E-state index contributed by atoms with van der Waals surface area (Å²) in [6.45, 7) is 3.92. The highest BCUT2D eigenvalue weighted by molar-refractivity contribution is 7.10. The van der Waals surface area contributed by atoms with E-state index in [1.165, 1.54) is 4.88 Å². The number of nitrogens with zero attached hydrogens (tertiary/aromatic N) is 2. The molecule has 0 radical (unpaired) electrons. The standard InChI is InChI=1S/C14H23N3OS/c1-11(13-5-4-10-19-13)15-12-6-8-17(9-7-12)14(18)16(2)3/h4-5,10-12,15H,6-9H2,1-3H3/t11-/m1/s1. The first kappa shape index (κ1) is 14.3. The van der Waals surface area contributed by atoms with Crippen LogP contribution in [0.4, 0.5) is 4.79 Å². The molecule has 2 heterocycles. The molecule has 1 atom stereocenters. The summed E-state index contributed by atoms with van der Waals surface area (Å²) in [6.07, 6.45) is 2.07. The Hall–Kier alpha value is -1.07. The zero-order chi connectivity index (χ0) is 13.8. The van der Waals surface area contributed by atoms with Gasteiger partial charge in [-0.1, -0.05) is 6.07 Å². The van der Waals surface area contributed by atoms with Crippen molar-refractivity contribution in [2.24, 2.45) is 0 Å². The van der Waals surface area contributed by atoms with Crippen molar-refractivity contribution >= 4 is 17.4 Å². The van der Waals surface area contributed by atoms with Gasteiger partial charge in [-0.25, -0.2) is 4.79 Å². The number of urea groups is 1. The number of piperidine rings is 1. The lowest BCUT2D eigenvalue weighted by Crippen LogP contribution is -2.48. The molecule has 5 heteroatoms. The van der Waals surface area contributed by atoms with Gasteiger partial charge in [-0.05, 0) is 31.2 Å². The molecule has 0 saturated carbocycles. The summed E-state index contributed by atoms with van der Waals surface area (Å²) >= 11 is 1.80. The maximum absolute atomic E-state index is 11.8. The highest BCUT2D eigenvalue weighted by Crippen LogP contribution is 2.21. The average molecular weight is 281 g/mol. The van der Waals surface area contributed by atoms with Crippen molar-refractivity contribution in [3.8, 4) is 0 Å². The maximum Gasteiger partial charge on any atom is 0.319 e. The number of carbonyl (C=O) groups excluding carboxylic acids is 1. The summed E-state index contributed by atoms with van der Waals surface area (Å²) in [7, 11) is 3.62. The van der Waals surface area contributed by atoms with E-state index in [1.807, 2.05) is 19.0 Å². The second-order valence-electron chi connectivity index (χ2n) is 5.34. The van der Waals surface area contributed by atoms with Gasteiger partial charge in [-0.2, -0.15) is 0 Å². The maximum atomic E-state index is 11.8. The normalized spacial score (nSPS) is 18.4. The highest BCUT2D eigenvalue weighted by atomic mass is 32.1. The topological polar surface area (TPSA) is 35.6 Å². The van der Waals surface area contributed by atoms with Crippen LogP contribution in [0.15, 0.2) is 17.5 Å². The summed E-state index contributed by atoms with van der Waals surface area (Å²) in [5.41, 5.74) is 0. The van der Waals surface area contributed by atoms with Crippen LogP contribution < -0.4 is 5.32 Å². The van der Waals surface area contributed by atoms with E-state index in [-0.39, 0.29) is 6.03 Å². The number of thiophene rings is 1. The lowest BCUT2D eigenvalue weighted by molar-refractivity contribution is 0.151. The van der Waals surface area contributed by atoms with Crippen molar-refractivity contribution in [3.05, 3.63) is 22.4 Å². The van der Waals surface area contributed by atoms with Crippen molar-refractivity contribution in [1.29, 1.82) is 0 Å². The van der Waals surface area contributed by atoms with Crippen molar-refractivity contribution in [2.45, 2.75) is 31.8 Å². The van der Waals surface area contributed by atoms with Gasteiger partial charge in [0.2, 0.25) is 0 Å². The molecule has 1 aromatic heterocycles.